The van der Waals surface area contributed by atoms with Gasteiger partial charge in [0.2, 0.25) is 12.3 Å². The van der Waals surface area contributed by atoms with Gasteiger partial charge >= 0.3 is 0 Å². The fourth-order valence-corrected chi connectivity index (χ4v) is 5.70. The first-order valence-electron chi connectivity index (χ1n) is 15.4. The topological polar surface area (TPSA) is 159 Å². The van der Waals surface area contributed by atoms with Crippen molar-refractivity contribution >= 4 is 23.2 Å². The van der Waals surface area contributed by atoms with Crippen molar-refractivity contribution in [2.24, 2.45) is 28.9 Å². The Morgan fingerprint density at radius 2 is 1.91 bits per heavy atom. The number of aryl methyl sites for hydroxylation is 1. The largest absolute Gasteiger partial charge is 0.540 e. The molecule has 1 amide bonds. The molecule has 1 aliphatic carbocycles. The molecule has 5 N–H and O–H groups in total. The van der Waals surface area contributed by atoms with Crippen molar-refractivity contribution in [3.8, 4) is 5.75 Å². The SMILES string of the molecule is CC[C@@H]1CCN(C(=O)[C@@H](N)C(C)(C)C)[C@@H]1[C-]=O.COc1ccc2nc(CCCCC[C@@H]3C[C@@H]3CC(F)F)c(=O)[nH]c2c1.OO.[HH].[V]. The molecule has 0 unspecified atom stereocenters. The Morgan fingerprint density at radius 1 is 1.22 bits per heavy atom. The number of nitrogens with zero attached hydrogens (tertiary/aromatic N) is 2. The van der Waals surface area contributed by atoms with E-state index in [0.717, 1.165) is 50.5 Å². The van der Waals surface area contributed by atoms with Crippen LogP contribution in [0.3, 0.4) is 0 Å². The van der Waals surface area contributed by atoms with Crippen molar-refractivity contribution in [2.75, 3.05) is 13.7 Å². The summed E-state index contributed by atoms with van der Waals surface area (Å²) >= 11 is 0. The number of benzene rings is 1. The van der Waals surface area contributed by atoms with Gasteiger partial charge in [-0.05, 0) is 61.0 Å². The van der Waals surface area contributed by atoms with Crippen LogP contribution >= 0.6 is 0 Å². The van der Waals surface area contributed by atoms with E-state index in [1.165, 1.54) is 0 Å². The van der Waals surface area contributed by atoms with E-state index in [1.807, 2.05) is 46.1 Å². The van der Waals surface area contributed by atoms with Crippen LogP contribution in [0.5, 0.6) is 5.75 Å². The molecule has 1 aliphatic heterocycles. The number of amides is 1. The molecule has 1 radical (unpaired) electrons. The number of nitrogens with one attached hydrogen (secondary N) is 1. The Balaban J connectivity index is 0.000000853. The molecular weight excluding hydrogens is 625 g/mol. The van der Waals surface area contributed by atoms with Crippen LogP contribution in [-0.2, 0) is 34.6 Å². The number of hydrogen-bond acceptors (Lipinski definition) is 8. The van der Waals surface area contributed by atoms with Crippen molar-refractivity contribution < 1.29 is 53.6 Å². The number of carbonyl (C=O) groups is 1. The third-order valence-electron chi connectivity index (χ3n) is 8.66. The number of unbranched alkanes of at least 4 members (excludes halogenated alkanes) is 2. The average molecular weight is 677 g/mol. The summed E-state index contributed by atoms with van der Waals surface area (Å²) < 4.78 is 29.7. The van der Waals surface area contributed by atoms with Crippen LogP contribution in [0.25, 0.3) is 11.0 Å². The average Bonchev–Trinajstić information content (AvgIpc) is 3.58. The number of hydrogen-bond donors (Lipinski definition) is 4. The molecule has 1 saturated carbocycles. The van der Waals surface area contributed by atoms with Gasteiger partial charge < -0.3 is 25.1 Å². The molecule has 2 aliphatic rings. The van der Waals surface area contributed by atoms with Crippen molar-refractivity contribution in [1.29, 1.82) is 0 Å². The number of nitrogens with two attached hydrogens (primary N) is 1. The Kier molecular flexibility index (Phi) is 17.5. The number of aromatic nitrogens is 2. The number of carbonyl (C=O) groups excluding carboxylic acids is 2. The van der Waals surface area contributed by atoms with Gasteiger partial charge in [-0.2, -0.15) is 0 Å². The number of aromatic amines is 1. The number of likely N-dealkylation sites (tertiary alicyclic amines) is 1. The molecule has 1 aromatic heterocycles. The molecule has 1 aromatic carbocycles. The van der Waals surface area contributed by atoms with Crippen molar-refractivity contribution in [2.45, 2.75) is 104 Å². The molecule has 10 nitrogen and oxygen atoms in total. The van der Waals surface area contributed by atoms with Crippen LogP contribution in [0.15, 0.2) is 23.0 Å². The number of methoxy groups -OCH3 is 1. The minimum Gasteiger partial charge on any atom is -0.540 e. The number of halogens is 2. The number of H-pyrrole nitrogens is 1. The fraction of sp³-hybridized carbons (Fsp3) is 0.688. The first-order chi connectivity index (χ1) is 20.9. The maximum absolute atomic E-state index is 12.3. The molecule has 2 heterocycles. The molecule has 0 bridgehead atoms. The van der Waals surface area contributed by atoms with Crippen molar-refractivity contribution in [1.82, 2.24) is 14.9 Å². The Bertz CT molecular complexity index is 1270. The quantitative estimate of drug-likeness (QED) is 0.0967. The van der Waals surface area contributed by atoms with Crippen LogP contribution in [0.1, 0.15) is 86.2 Å². The van der Waals surface area contributed by atoms with Gasteiger partial charge in [0.15, 0.2) is 0 Å². The minimum atomic E-state index is -2.17. The standard InChI is InChI=1S/C19H24F2N2O2.C13H23N2O2.H2O2.V.H2/c1-25-14-7-8-15-17(11-14)23-19(24)16(22-15)6-4-2-3-5-12-9-13(12)10-18(20)21;1-5-9-6-7-15(10(9)8-16)12(17)11(14)13(2,3)4;1-2;;/h7-8,11-13,18H,2-6,9-10H2,1H3,(H,23,24);9-11H,5-7,14H2,1-4H3;1-2H;;1H/q;-1;;;/t12-,13-;9-,10-,11-;;;/m11.../s1. The van der Waals surface area contributed by atoms with Gasteiger partial charge in [0, 0.05) is 39.0 Å². The summed E-state index contributed by atoms with van der Waals surface area (Å²) in [5.74, 6) is 1.53. The molecule has 4 rings (SSSR count). The van der Waals surface area contributed by atoms with E-state index in [1.54, 1.807) is 18.1 Å². The van der Waals surface area contributed by atoms with E-state index in [9.17, 15) is 23.2 Å². The zero-order valence-electron chi connectivity index (χ0n) is 27.0. The third-order valence-corrected chi connectivity index (χ3v) is 8.66. The van der Waals surface area contributed by atoms with Gasteiger partial charge in [-0.3, -0.25) is 20.1 Å². The van der Waals surface area contributed by atoms with Gasteiger partial charge in [0.25, 0.3) is 5.56 Å². The zero-order chi connectivity index (χ0) is 33.0. The number of fused-ring (bicyclic) bond motifs is 1. The number of rotatable bonds is 12. The predicted molar refractivity (Wildman–Crippen MR) is 168 cm³/mol. The first-order valence-corrected chi connectivity index (χ1v) is 15.4. The molecule has 0 spiro atoms. The molecule has 2 fully saturated rings. The van der Waals surface area contributed by atoms with Crippen molar-refractivity contribution in [3.05, 3.63) is 34.2 Å². The van der Waals surface area contributed by atoms with Crippen LogP contribution in [0, 0.1) is 23.2 Å². The smallest absolute Gasteiger partial charge is 0.270 e. The summed E-state index contributed by atoms with van der Waals surface area (Å²) in [6, 6.07) is 4.46. The molecular formula is C32H51F2N4O6V-. The molecule has 5 atom stereocenters. The van der Waals surface area contributed by atoms with E-state index in [-0.39, 0.29) is 55.1 Å². The first kappa shape index (κ1) is 40.6. The van der Waals surface area contributed by atoms with Crippen molar-refractivity contribution in [3.63, 3.8) is 0 Å². The molecule has 1 saturated heterocycles. The second-order valence-electron chi connectivity index (χ2n) is 12.8. The van der Waals surface area contributed by atoms with Gasteiger partial charge in [-0.25, -0.2) is 20.1 Å². The second-order valence-corrected chi connectivity index (χ2v) is 12.8. The summed E-state index contributed by atoms with van der Waals surface area (Å²) in [5, 5.41) is 12.0. The molecule has 45 heavy (non-hydrogen) atoms. The summed E-state index contributed by atoms with van der Waals surface area (Å²) in [7, 11) is 1.58. The fourth-order valence-electron chi connectivity index (χ4n) is 5.70. The normalized spacial score (nSPS) is 21.2. The van der Waals surface area contributed by atoms with Gasteiger partial charge in [-0.15, -0.1) is 0 Å². The summed E-state index contributed by atoms with van der Waals surface area (Å²) in [5.41, 5.74) is 7.50. The van der Waals surface area contributed by atoms with Gasteiger partial charge in [-0.1, -0.05) is 59.4 Å². The van der Waals surface area contributed by atoms with Crippen LogP contribution in [0.4, 0.5) is 8.78 Å². The predicted octanol–water partition coefficient (Wildman–Crippen LogP) is 5.68. The second kappa shape index (κ2) is 19.3. The van der Waals surface area contributed by atoms with E-state index >= 15 is 0 Å². The molecule has 2 aromatic rings. The Morgan fingerprint density at radius 3 is 2.49 bits per heavy atom. The third kappa shape index (κ3) is 12.1. The molecule has 13 heteroatoms. The minimum absolute atomic E-state index is 0. The Hall–Kier alpha value is -2.38. The van der Waals surface area contributed by atoms with Crippen LogP contribution < -0.4 is 16.0 Å². The number of ether oxygens (including phenoxy) is 1. The zero-order valence-corrected chi connectivity index (χ0v) is 28.4. The van der Waals surface area contributed by atoms with E-state index < -0.39 is 18.5 Å². The Labute approximate surface area is 277 Å². The monoisotopic (exact) mass is 676 g/mol. The summed E-state index contributed by atoms with van der Waals surface area (Å²) in [4.78, 5) is 44.3. The maximum Gasteiger partial charge on any atom is 0.270 e. The van der Waals surface area contributed by atoms with Crippen LogP contribution in [-0.4, -0.2) is 69.7 Å². The van der Waals surface area contributed by atoms with Crippen LogP contribution in [0.2, 0.25) is 0 Å². The summed E-state index contributed by atoms with van der Waals surface area (Å²) in [6.07, 6.45) is 7.22. The van der Waals surface area contributed by atoms with Gasteiger partial charge in [0.1, 0.15) is 11.4 Å². The number of alkyl halides is 2. The van der Waals surface area contributed by atoms with E-state index in [0.29, 0.717) is 35.8 Å². The molecule has 255 valence electrons. The van der Waals surface area contributed by atoms with E-state index in [2.05, 4.69) is 9.97 Å². The maximum atomic E-state index is 12.3. The summed E-state index contributed by atoms with van der Waals surface area (Å²) in [6.45, 7) is 8.46. The van der Waals surface area contributed by atoms with Gasteiger partial charge in [0.05, 0.1) is 24.2 Å². The van der Waals surface area contributed by atoms with E-state index in [4.69, 9.17) is 21.0 Å².